The van der Waals surface area contributed by atoms with Crippen molar-refractivity contribution in [2.45, 2.75) is 52.4 Å². The Kier molecular flexibility index (Phi) is 3.40. The Morgan fingerprint density at radius 1 is 1.18 bits per heavy atom. The number of aromatic nitrogens is 2. The van der Waals surface area contributed by atoms with E-state index >= 15 is 0 Å². The van der Waals surface area contributed by atoms with Crippen LogP contribution < -0.4 is 5.32 Å². The van der Waals surface area contributed by atoms with Crippen LogP contribution >= 0.6 is 0 Å². The van der Waals surface area contributed by atoms with Gasteiger partial charge in [0, 0.05) is 13.0 Å². The molecule has 0 amide bonds. The molecule has 96 valence electrons. The predicted molar refractivity (Wildman–Crippen MR) is 68.0 cm³/mol. The maximum absolute atomic E-state index is 5.09. The van der Waals surface area contributed by atoms with Crippen LogP contribution in [0.5, 0.6) is 0 Å². The number of hydrogen-bond donors (Lipinski definition) is 1. The summed E-state index contributed by atoms with van der Waals surface area (Å²) in [5.74, 6) is 2.19. The molecule has 0 bridgehead atoms. The van der Waals surface area contributed by atoms with E-state index in [0.29, 0.717) is 17.3 Å². The number of nitrogens with one attached hydrogen (secondary N) is 1. The second-order valence-electron chi connectivity index (χ2n) is 6.12. The molecule has 1 aliphatic carbocycles. The SMILES string of the molecule is CNc1nc(C2CCC(C(C)(C)C)CC2)no1. The zero-order valence-corrected chi connectivity index (χ0v) is 11.3. The van der Waals surface area contributed by atoms with Crippen molar-refractivity contribution in [3.8, 4) is 0 Å². The van der Waals surface area contributed by atoms with Crippen LogP contribution in [0.2, 0.25) is 0 Å². The Hall–Kier alpha value is -1.06. The Bertz CT molecular complexity index is 359. The minimum absolute atomic E-state index is 0.429. The second-order valence-corrected chi connectivity index (χ2v) is 6.12. The van der Waals surface area contributed by atoms with Gasteiger partial charge in [-0.15, -0.1) is 0 Å². The van der Waals surface area contributed by atoms with Crippen LogP contribution in [0.25, 0.3) is 0 Å². The summed E-state index contributed by atoms with van der Waals surface area (Å²) in [6, 6.07) is 0.526. The third-order valence-corrected chi connectivity index (χ3v) is 3.97. The van der Waals surface area contributed by atoms with Gasteiger partial charge in [0.2, 0.25) is 0 Å². The molecule has 4 heteroatoms. The molecule has 0 spiro atoms. The summed E-state index contributed by atoms with van der Waals surface area (Å²) in [5, 5.41) is 6.93. The molecule has 1 aliphatic rings. The summed E-state index contributed by atoms with van der Waals surface area (Å²) in [5.41, 5.74) is 0.429. The van der Waals surface area contributed by atoms with E-state index in [9.17, 15) is 0 Å². The van der Waals surface area contributed by atoms with Crippen LogP contribution in [0.3, 0.4) is 0 Å². The fourth-order valence-corrected chi connectivity index (χ4v) is 2.72. The highest BCUT2D eigenvalue weighted by atomic mass is 16.5. The minimum atomic E-state index is 0.429. The van der Waals surface area contributed by atoms with Gasteiger partial charge in [0.05, 0.1) is 0 Å². The van der Waals surface area contributed by atoms with Gasteiger partial charge < -0.3 is 9.84 Å². The summed E-state index contributed by atoms with van der Waals surface area (Å²) >= 11 is 0. The van der Waals surface area contributed by atoms with Crippen molar-refractivity contribution in [3.05, 3.63) is 5.82 Å². The highest BCUT2D eigenvalue weighted by molar-refractivity contribution is 5.17. The Morgan fingerprint density at radius 3 is 2.29 bits per heavy atom. The average Bonchev–Trinajstić information content (AvgIpc) is 2.76. The molecule has 1 N–H and O–H groups in total. The summed E-state index contributed by atoms with van der Waals surface area (Å²) in [7, 11) is 1.80. The molecule has 0 aliphatic heterocycles. The van der Waals surface area contributed by atoms with Gasteiger partial charge in [-0.05, 0) is 37.0 Å². The van der Waals surface area contributed by atoms with Gasteiger partial charge >= 0.3 is 6.01 Å². The fraction of sp³-hybridized carbons (Fsp3) is 0.846. The van der Waals surface area contributed by atoms with Gasteiger partial charge in [-0.3, -0.25) is 0 Å². The molecule has 1 fully saturated rings. The molecule has 0 unspecified atom stereocenters. The lowest BCUT2D eigenvalue weighted by molar-refractivity contribution is 0.166. The van der Waals surface area contributed by atoms with E-state index < -0.39 is 0 Å². The minimum Gasteiger partial charge on any atom is -0.341 e. The lowest BCUT2D eigenvalue weighted by Crippen LogP contribution is -2.25. The molecule has 1 aromatic heterocycles. The van der Waals surface area contributed by atoms with Crippen LogP contribution in [0, 0.1) is 11.3 Å². The zero-order chi connectivity index (χ0) is 12.5. The Labute approximate surface area is 103 Å². The second kappa shape index (κ2) is 4.67. The van der Waals surface area contributed by atoms with Gasteiger partial charge in [-0.25, -0.2) is 0 Å². The van der Waals surface area contributed by atoms with E-state index in [1.54, 1.807) is 7.05 Å². The topological polar surface area (TPSA) is 51.0 Å². The van der Waals surface area contributed by atoms with Gasteiger partial charge in [0.15, 0.2) is 5.82 Å². The molecule has 0 aromatic carbocycles. The molecule has 17 heavy (non-hydrogen) atoms. The van der Waals surface area contributed by atoms with Crippen molar-refractivity contribution in [2.75, 3.05) is 12.4 Å². The van der Waals surface area contributed by atoms with E-state index in [4.69, 9.17) is 4.52 Å². The number of nitrogens with zero attached hydrogens (tertiary/aromatic N) is 2. The van der Waals surface area contributed by atoms with Crippen LogP contribution in [-0.2, 0) is 0 Å². The van der Waals surface area contributed by atoms with Crippen LogP contribution in [0.4, 0.5) is 6.01 Å². The Balaban J connectivity index is 1.95. The van der Waals surface area contributed by atoms with Crippen molar-refractivity contribution < 1.29 is 4.52 Å². The van der Waals surface area contributed by atoms with Gasteiger partial charge in [0.1, 0.15) is 0 Å². The first-order chi connectivity index (χ1) is 8.00. The van der Waals surface area contributed by atoms with Gasteiger partial charge in [-0.1, -0.05) is 25.9 Å². The highest BCUT2D eigenvalue weighted by Gasteiger charge is 2.31. The molecule has 1 aromatic rings. The number of anilines is 1. The summed E-state index contributed by atoms with van der Waals surface area (Å²) < 4.78 is 5.09. The van der Waals surface area contributed by atoms with Crippen molar-refractivity contribution in [3.63, 3.8) is 0 Å². The maximum atomic E-state index is 5.09. The van der Waals surface area contributed by atoms with Crippen LogP contribution in [0.1, 0.15) is 58.2 Å². The van der Waals surface area contributed by atoms with Gasteiger partial charge in [0.25, 0.3) is 0 Å². The molecular weight excluding hydrogens is 214 g/mol. The molecule has 4 nitrogen and oxygen atoms in total. The molecule has 1 heterocycles. The first-order valence-electron chi connectivity index (χ1n) is 6.52. The van der Waals surface area contributed by atoms with E-state index in [0.717, 1.165) is 11.7 Å². The predicted octanol–water partition coefficient (Wildman–Crippen LogP) is 3.43. The normalized spacial score (nSPS) is 25.9. The van der Waals surface area contributed by atoms with Crippen molar-refractivity contribution in [1.82, 2.24) is 10.1 Å². The molecular formula is C13H23N3O. The first kappa shape index (κ1) is 12.4. The van der Waals surface area contributed by atoms with Gasteiger partial charge in [-0.2, -0.15) is 4.98 Å². The summed E-state index contributed by atoms with van der Waals surface area (Å²) in [6.07, 6.45) is 4.92. The molecule has 0 saturated heterocycles. The van der Waals surface area contributed by atoms with E-state index in [1.165, 1.54) is 25.7 Å². The monoisotopic (exact) mass is 237 g/mol. The number of hydrogen-bond acceptors (Lipinski definition) is 4. The molecule has 0 radical (unpaired) electrons. The maximum Gasteiger partial charge on any atom is 0.321 e. The largest absolute Gasteiger partial charge is 0.341 e. The lowest BCUT2D eigenvalue weighted by atomic mass is 9.70. The van der Waals surface area contributed by atoms with Crippen LogP contribution in [0.15, 0.2) is 4.52 Å². The quantitative estimate of drug-likeness (QED) is 0.856. The van der Waals surface area contributed by atoms with Crippen LogP contribution in [-0.4, -0.2) is 17.2 Å². The van der Waals surface area contributed by atoms with E-state index in [-0.39, 0.29) is 0 Å². The number of rotatable bonds is 2. The van der Waals surface area contributed by atoms with Crippen molar-refractivity contribution in [2.24, 2.45) is 11.3 Å². The van der Waals surface area contributed by atoms with Crippen molar-refractivity contribution in [1.29, 1.82) is 0 Å². The average molecular weight is 237 g/mol. The van der Waals surface area contributed by atoms with E-state index in [2.05, 4.69) is 36.2 Å². The first-order valence-corrected chi connectivity index (χ1v) is 6.52. The standard InChI is InChI=1S/C13H23N3O/c1-13(2,3)10-7-5-9(6-8-10)11-15-12(14-4)17-16-11/h9-10H,5-8H2,1-4H3,(H,14,15,16). The Morgan fingerprint density at radius 2 is 1.82 bits per heavy atom. The molecule has 1 saturated carbocycles. The van der Waals surface area contributed by atoms with Crippen molar-refractivity contribution >= 4 is 6.01 Å². The third kappa shape index (κ3) is 2.79. The summed E-state index contributed by atoms with van der Waals surface area (Å²) in [6.45, 7) is 7.02. The van der Waals surface area contributed by atoms with E-state index in [1.807, 2.05) is 0 Å². The fourth-order valence-electron chi connectivity index (χ4n) is 2.72. The highest BCUT2D eigenvalue weighted by Crippen LogP contribution is 2.42. The zero-order valence-electron chi connectivity index (χ0n) is 11.3. The lowest BCUT2D eigenvalue weighted by Gasteiger charge is -2.36. The smallest absolute Gasteiger partial charge is 0.321 e. The third-order valence-electron chi connectivity index (χ3n) is 3.97. The molecule has 2 rings (SSSR count). The summed E-state index contributed by atoms with van der Waals surface area (Å²) in [4.78, 5) is 4.35. The molecule has 0 atom stereocenters.